The lowest BCUT2D eigenvalue weighted by Gasteiger charge is -2.12. The number of aliphatic hydroxyl groups excluding tert-OH is 1. The van der Waals surface area contributed by atoms with E-state index in [1.165, 1.54) is 0 Å². The summed E-state index contributed by atoms with van der Waals surface area (Å²) < 4.78 is 0. The van der Waals surface area contributed by atoms with Crippen LogP contribution in [-0.4, -0.2) is 28.2 Å². The summed E-state index contributed by atoms with van der Waals surface area (Å²) in [5.74, 6) is 1.09. The highest BCUT2D eigenvalue weighted by Crippen LogP contribution is 2.27. The van der Waals surface area contributed by atoms with Crippen LogP contribution in [0.4, 0.5) is 17.5 Å². The van der Waals surface area contributed by atoms with Gasteiger partial charge in [-0.05, 0) is 54.8 Å². The highest BCUT2D eigenvalue weighted by atomic mass is 35.5. The Morgan fingerprint density at radius 3 is 2.40 bits per heavy atom. The normalized spacial score (nSPS) is 10.5. The Bertz CT molecular complexity index is 1010. The quantitative estimate of drug-likeness (QED) is 0.396. The molecule has 6 nitrogen and oxygen atoms in total. The van der Waals surface area contributed by atoms with Crippen LogP contribution in [0.3, 0.4) is 0 Å². The maximum absolute atomic E-state index is 8.96. The van der Waals surface area contributed by atoms with Gasteiger partial charge < -0.3 is 15.7 Å². The second kappa shape index (κ2) is 10.8. The summed E-state index contributed by atoms with van der Waals surface area (Å²) in [5, 5.41) is 25.5. The molecule has 0 radical (unpaired) electrons. The van der Waals surface area contributed by atoms with E-state index in [9.17, 15) is 0 Å². The smallest absolute Gasteiger partial charge is 0.224 e. The van der Waals surface area contributed by atoms with Gasteiger partial charge in [0, 0.05) is 41.4 Å². The van der Waals surface area contributed by atoms with Crippen molar-refractivity contribution in [2.75, 3.05) is 23.8 Å². The fourth-order valence-corrected chi connectivity index (χ4v) is 3.36. The standard InChI is InChI=1S/C22H21Cl2N5O/c23-19-4-3-5-20(24)18(19)12-17-13-21(27-16-8-6-15(14-25)7-9-16)29-22(28-17)26-10-1-2-11-30/h3-9,13,30H,1-2,10-12H2,(H2,26,27,28,29). The van der Waals surface area contributed by atoms with Crippen LogP contribution in [0, 0.1) is 11.3 Å². The molecule has 0 aliphatic carbocycles. The number of anilines is 3. The molecule has 0 saturated carbocycles. The molecule has 8 heteroatoms. The van der Waals surface area contributed by atoms with Crippen LogP contribution in [0.5, 0.6) is 0 Å². The minimum atomic E-state index is 0.152. The summed E-state index contributed by atoms with van der Waals surface area (Å²) in [6.45, 7) is 0.798. The van der Waals surface area contributed by atoms with Gasteiger partial charge >= 0.3 is 0 Å². The van der Waals surface area contributed by atoms with E-state index in [4.69, 9.17) is 33.6 Å². The van der Waals surface area contributed by atoms with Crippen molar-refractivity contribution >= 4 is 40.7 Å². The number of aliphatic hydroxyl groups is 1. The van der Waals surface area contributed by atoms with Gasteiger partial charge in [0.05, 0.1) is 17.3 Å². The summed E-state index contributed by atoms with van der Waals surface area (Å²) in [4.78, 5) is 9.12. The minimum Gasteiger partial charge on any atom is -0.396 e. The number of nitrogens with one attached hydrogen (secondary N) is 2. The van der Waals surface area contributed by atoms with Gasteiger partial charge in [-0.3, -0.25) is 0 Å². The predicted octanol–water partition coefficient (Wildman–Crippen LogP) is 5.17. The lowest BCUT2D eigenvalue weighted by atomic mass is 10.1. The van der Waals surface area contributed by atoms with Gasteiger partial charge in [-0.1, -0.05) is 29.3 Å². The van der Waals surface area contributed by atoms with Crippen molar-refractivity contribution in [3.8, 4) is 6.07 Å². The van der Waals surface area contributed by atoms with Crippen molar-refractivity contribution in [3.63, 3.8) is 0 Å². The maximum Gasteiger partial charge on any atom is 0.224 e. The summed E-state index contributed by atoms with van der Waals surface area (Å²) in [5.41, 5.74) is 2.94. The first kappa shape index (κ1) is 21.8. The second-order valence-electron chi connectivity index (χ2n) is 6.62. The summed E-state index contributed by atoms with van der Waals surface area (Å²) in [7, 11) is 0. The van der Waals surface area contributed by atoms with Crippen LogP contribution in [0.1, 0.15) is 29.7 Å². The lowest BCUT2D eigenvalue weighted by molar-refractivity contribution is 0.286. The number of aromatic nitrogens is 2. The monoisotopic (exact) mass is 441 g/mol. The fourth-order valence-electron chi connectivity index (χ4n) is 2.83. The van der Waals surface area contributed by atoms with Gasteiger partial charge in [-0.15, -0.1) is 0 Å². The van der Waals surface area contributed by atoms with Crippen molar-refractivity contribution in [2.24, 2.45) is 0 Å². The fraction of sp³-hybridized carbons (Fsp3) is 0.227. The molecule has 30 heavy (non-hydrogen) atoms. The SMILES string of the molecule is N#Cc1ccc(Nc2cc(Cc3c(Cl)cccc3Cl)nc(NCCCCO)n2)cc1. The number of nitriles is 1. The topological polar surface area (TPSA) is 93.9 Å². The second-order valence-corrected chi connectivity index (χ2v) is 7.43. The Kier molecular flexibility index (Phi) is 7.86. The number of rotatable bonds is 9. The molecular formula is C22H21Cl2N5O. The zero-order chi connectivity index (χ0) is 21.3. The van der Waals surface area contributed by atoms with E-state index in [1.54, 1.807) is 30.3 Å². The molecule has 3 aromatic rings. The molecule has 0 fully saturated rings. The van der Waals surface area contributed by atoms with Crippen LogP contribution in [0.2, 0.25) is 10.0 Å². The van der Waals surface area contributed by atoms with E-state index in [1.807, 2.05) is 18.2 Å². The van der Waals surface area contributed by atoms with E-state index in [2.05, 4.69) is 26.7 Å². The van der Waals surface area contributed by atoms with Gasteiger partial charge in [-0.2, -0.15) is 10.2 Å². The maximum atomic E-state index is 8.96. The van der Waals surface area contributed by atoms with Gasteiger partial charge in [0.15, 0.2) is 0 Å². The average Bonchev–Trinajstić information content (AvgIpc) is 2.74. The molecule has 154 valence electrons. The van der Waals surface area contributed by atoms with Crippen molar-refractivity contribution in [1.82, 2.24) is 9.97 Å². The highest BCUT2D eigenvalue weighted by molar-refractivity contribution is 6.36. The first-order valence-electron chi connectivity index (χ1n) is 9.52. The van der Waals surface area contributed by atoms with Crippen LogP contribution >= 0.6 is 23.2 Å². The molecule has 3 N–H and O–H groups in total. The Morgan fingerprint density at radius 1 is 1.00 bits per heavy atom. The molecule has 0 bridgehead atoms. The minimum absolute atomic E-state index is 0.152. The molecule has 0 aliphatic heterocycles. The van der Waals surface area contributed by atoms with Crippen LogP contribution < -0.4 is 10.6 Å². The van der Waals surface area contributed by atoms with Crippen LogP contribution in [0.25, 0.3) is 0 Å². The third-order valence-electron chi connectivity index (χ3n) is 4.35. The lowest BCUT2D eigenvalue weighted by Crippen LogP contribution is -2.09. The summed E-state index contributed by atoms with van der Waals surface area (Å²) in [6.07, 6.45) is 1.96. The van der Waals surface area contributed by atoms with E-state index in [0.717, 1.165) is 23.4 Å². The molecule has 0 unspecified atom stereocenters. The third-order valence-corrected chi connectivity index (χ3v) is 5.06. The largest absolute Gasteiger partial charge is 0.396 e. The molecule has 3 rings (SSSR count). The van der Waals surface area contributed by atoms with Crippen molar-refractivity contribution in [1.29, 1.82) is 5.26 Å². The first-order chi connectivity index (χ1) is 14.6. The Labute approximate surface area is 185 Å². The van der Waals surface area contributed by atoms with Crippen LogP contribution in [-0.2, 0) is 6.42 Å². The first-order valence-corrected chi connectivity index (χ1v) is 10.3. The number of hydrogen-bond acceptors (Lipinski definition) is 6. The molecule has 0 amide bonds. The Balaban J connectivity index is 1.86. The van der Waals surface area contributed by atoms with E-state index < -0.39 is 0 Å². The molecule has 0 saturated heterocycles. The van der Waals surface area contributed by atoms with Crippen molar-refractivity contribution in [2.45, 2.75) is 19.3 Å². The Hall–Kier alpha value is -2.85. The molecule has 1 heterocycles. The van der Waals surface area contributed by atoms with E-state index in [0.29, 0.717) is 46.8 Å². The zero-order valence-electron chi connectivity index (χ0n) is 16.2. The van der Waals surface area contributed by atoms with Gasteiger partial charge in [0.25, 0.3) is 0 Å². The van der Waals surface area contributed by atoms with Crippen molar-refractivity contribution in [3.05, 3.63) is 75.4 Å². The molecule has 0 aliphatic rings. The van der Waals surface area contributed by atoms with E-state index >= 15 is 0 Å². The highest BCUT2D eigenvalue weighted by Gasteiger charge is 2.11. The number of benzene rings is 2. The van der Waals surface area contributed by atoms with Gasteiger partial charge in [-0.25, -0.2) is 4.98 Å². The number of halogens is 2. The molecule has 2 aromatic carbocycles. The summed E-state index contributed by atoms with van der Waals surface area (Å²) in [6, 6.07) is 16.5. The molecule has 0 spiro atoms. The number of nitrogens with zero attached hydrogens (tertiary/aromatic N) is 3. The number of hydrogen-bond donors (Lipinski definition) is 3. The summed E-state index contributed by atoms with van der Waals surface area (Å²) >= 11 is 12.7. The van der Waals surface area contributed by atoms with Crippen molar-refractivity contribution < 1.29 is 5.11 Å². The van der Waals surface area contributed by atoms with Gasteiger partial charge in [0.2, 0.25) is 5.95 Å². The van der Waals surface area contributed by atoms with Crippen LogP contribution in [0.15, 0.2) is 48.5 Å². The third kappa shape index (κ3) is 6.07. The molecule has 1 aromatic heterocycles. The number of unbranched alkanes of at least 4 members (excludes halogenated alkanes) is 1. The molecule has 0 atom stereocenters. The average molecular weight is 442 g/mol. The Morgan fingerprint density at radius 2 is 1.73 bits per heavy atom. The predicted molar refractivity (Wildman–Crippen MR) is 121 cm³/mol. The van der Waals surface area contributed by atoms with Gasteiger partial charge in [0.1, 0.15) is 5.82 Å². The zero-order valence-corrected chi connectivity index (χ0v) is 17.7. The molecular weight excluding hydrogens is 421 g/mol. The van der Waals surface area contributed by atoms with E-state index in [-0.39, 0.29) is 6.61 Å².